The minimum atomic E-state index is 0.321. The van der Waals surface area contributed by atoms with Crippen LogP contribution in [0.3, 0.4) is 0 Å². The van der Waals surface area contributed by atoms with Crippen molar-refractivity contribution < 1.29 is 4.42 Å². The molecule has 0 spiro atoms. The van der Waals surface area contributed by atoms with Crippen LogP contribution in [0.5, 0.6) is 0 Å². The molecule has 1 aliphatic rings. The van der Waals surface area contributed by atoms with Gasteiger partial charge < -0.3 is 14.6 Å². The number of hydrogen-bond donors (Lipinski definition) is 1. The molecule has 1 N–H and O–H groups in total. The largest absolute Gasteiger partial charge is 0.468 e. The van der Waals surface area contributed by atoms with Crippen LogP contribution < -0.4 is 5.32 Å². The Hall–Kier alpha value is -0.840. The minimum Gasteiger partial charge on any atom is -0.468 e. The van der Waals surface area contributed by atoms with Crippen molar-refractivity contribution in [3.63, 3.8) is 0 Å². The SMILES string of the molecule is CN1CCC(CNCC(c2ccco2)N(C)C)CC1. The summed E-state index contributed by atoms with van der Waals surface area (Å²) in [6.45, 7) is 4.55. The Morgan fingerprint density at radius 3 is 2.74 bits per heavy atom. The Bertz CT molecular complexity index is 342. The molecule has 0 aliphatic carbocycles. The maximum Gasteiger partial charge on any atom is 0.122 e. The van der Waals surface area contributed by atoms with Crippen molar-refractivity contribution in [1.82, 2.24) is 15.1 Å². The molecule has 1 aliphatic heterocycles. The number of likely N-dealkylation sites (tertiary alicyclic amines) is 1. The van der Waals surface area contributed by atoms with E-state index in [4.69, 9.17) is 4.42 Å². The molecule has 1 aromatic heterocycles. The molecule has 1 atom stereocenters. The van der Waals surface area contributed by atoms with Crippen LogP contribution in [-0.2, 0) is 0 Å². The van der Waals surface area contributed by atoms with Crippen molar-refractivity contribution in [2.75, 3.05) is 47.3 Å². The van der Waals surface area contributed by atoms with E-state index in [1.165, 1.54) is 25.9 Å². The van der Waals surface area contributed by atoms with E-state index < -0.39 is 0 Å². The Labute approximate surface area is 116 Å². The molecule has 108 valence electrons. The highest BCUT2D eigenvalue weighted by atomic mass is 16.3. The van der Waals surface area contributed by atoms with Gasteiger partial charge >= 0.3 is 0 Å². The summed E-state index contributed by atoms with van der Waals surface area (Å²) in [5.74, 6) is 1.87. The van der Waals surface area contributed by atoms with Crippen molar-refractivity contribution in [2.24, 2.45) is 5.92 Å². The number of nitrogens with one attached hydrogen (secondary N) is 1. The summed E-state index contributed by atoms with van der Waals surface area (Å²) in [5, 5.41) is 3.62. The monoisotopic (exact) mass is 265 g/mol. The summed E-state index contributed by atoms with van der Waals surface area (Å²) in [7, 11) is 6.41. The standard InChI is InChI=1S/C15H27N3O/c1-17(2)14(15-5-4-10-19-15)12-16-11-13-6-8-18(3)9-7-13/h4-5,10,13-14,16H,6-9,11-12H2,1-3H3. The van der Waals surface area contributed by atoms with E-state index in [0.29, 0.717) is 6.04 Å². The molecule has 2 rings (SSSR count). The summed E-state index contributed by atoms with van der Waals surface area (Å²) in [6, 6.07) is 4.34. The van der Waals surface area contributed by atoms with Gasteiger partial charge in [0.25, 0.3) is 0 Å². The molecule has 0 amide bonds. The van der Waals surface area contributed by atoms with E-state index in [9.17, 15) is 0 Å². The van der Waals surface area contributed by atoms with Crippen LogP contribution in [0.4, 0.5) is 0 Å². The Balaban J connectivity index is 1.74. The van der Waals surface area contributed by atoms with Gasteiger partial charge in [-0.05, 0) is 71.7 Å². The number of likely N-dealkylation sites (N-methyl/N-ethyl adjacent to an activating group) is 1. The molecule has 1 unspecified atom stereocenters. The number of furan rings is 1. The van der Waals surface area contributed by atoms with Crippen molar-refractivity contribution in [3.05, 3.63) is 24.2 Å². The number of piperidine rings is 1. The van der Waals surface area contributed by atoms with Gasteiger partial charge in [-0.15, -0.1) is 0 Å². The predicted molar refractivity (Wildman–Crippen MR) is 78.2 cm³/mol. The lowest BCUT2D eigenvalue weighted by molar-refractivity contribution is 0.206. The second kappa shape index (κ2) is 7.08. The first-order valence-electron chi connectivity index (χ1n) is 7.26. The van der Waals surface area contributed by atoms with Crippen molar-refractivity contribution in [2.45, 2.75) is 18.9 Å². The first kappa shape index (κ1) is 14.6. The predicted octanol–water partition coefficient (Wildman–Crippen LogP) is 1.81. The van der Waals surface area contributed by atoms with Gasteiger partial charge in [0.2, 0.25) is 0 Å². The number of hydrogen-bond acceptors (Lipinski definition) is 4. The highest BCUT2D eigenvalue weighted by molar-refractivity contribution is 5.05. The minimum absolute atomic E-state index is 0.321. The van der Waals surface area contributed by atoms with Crippen LogP contribution in [0.1, 0.15) is 24.6 Å². The summed E-state index contributed by atoms with van der Waals surface area (Å²) < 4.78 is 5.53. The summed E-state index contributed by atoms with van der Waals surface area (Å²) in [6.07, 6.45) is 4.39. The smallest absolute Gasteiger partial charge is 0.122 e. The molecule has 0 saturated carbocycles. The fourth-order valence-corrected chi connectivity index (χ4v) is 2.71. The first-order chi connectivity index (χ1) is 9.16. The third kappa shape index (κ3) is 4.34. The molecular formula is C15H27N3O. The maximum absolute atomic E-state index is 5.53. The lowest BCUT2D eigenvalue weighted by Crippen LogP contribution is -2.37. The molecule has 0 aromatic carbocycles. The van der Waals surface area contributed by atoms with Crippen LogP contribution in [0, 0.1) is 5.92 Å². The molecular weight excluding hydrogens is 238 g/mol. The van der Waals surface area contributed by atoms with Crippen molar-refractivity contribution in [1.29, 1.82) is 0 Å². The Morgan fingerprint density at radius 1 is 1.42 bits per heavy atom. The topological polar surface area (TPSA) is 31.6 Å². The Morgan fingerprint density at radius 2 is 2.16 bits per heavy atom. The zero-order valence-electron chi connectivity index (χ0n) is 12.4. The van der Waals surface area contributed by atoms with E-state index in [-0.39, 0.29) is 0 Å². The molecule has 1 saturated heterocycles. The second-order valence-electron chi connectivity index (χ2n) is 5.90. The van der Waals surface area contributed by atoms with E-state index in [2.05, 4.69) is 42.3 Å². The van der Waals surface area contributed by atoms with Crippen LogP contribution in [0.15, 0.2) is 22.8 Å². The van der Waals surface area contributed by atoms with Gasteiger partial charge in [0.05, 0.1) is 12.3 Å². The lowest BCUT2D eigenvalue weighted by Gasteiger charge is -2.30. The average molecular weight is 265 g/mol. The molecule has 0 bridgehead atoms. The van der Waals surface area contributed by atoms with Gasteiger partial charge in [-0.2, -0.15) is 0 Å². The first-order valence-corrected chi connectivity index (χ1v) is 7.26. The molecule has 2 heterocycles. The van der Waals surface area contributed by atoms with Gasteiger partial charge in [0, 0.05) is 6.54 Å². The van der Waals surface area contributed by atoms with Gasteiger partial charge in [0.1, 0.15) is 5.76 Å². The fraction of sp³-hybridized carbons (Fsp3) is 0.733. The van der Waals surface area contributed by atoms with Gasteiger partial charge in [-0.1, -0.05) is 0 Å². The van der Waals surface area contributed by atoms with Crippen molar-refractivity contribution in [3.8, 4) is 0 Å². The third-order valence-corrected chi connectivity index (χ3v) is 4.10. The zero-order valence-corrected chi connectivity index (χ0v) is 12.4. The fourth-order valence-electron chi connectivity index (χ4n) is 2.71. The summed E-state index contributed by atoms with van der Waals surface area (Å²) in [5.41, 5.74) is 0. The highest BCUT2D eigenvalue weighted by Gasteiger charge is 2.19. The Kier molecular flexibility index (Phi) is 5.43. The van der Waals surface area contributed by atoms with Gasteiger partial charge in [-0.3, -0.25) is 4.90 Å². The normalized spacial score (nSPS) is 20.0. The molecule has 4 nitrogen and oxygen atoms in total. The van der Waals surface area contributed by atoms with E-state index in [1.807, 2.05) is 6.07 Å². The van der Waals surface area contributed by atoms with Crippen LogP contribution in [0.25, 0.3) is 0 Å². The summed E-state index contributed by atoms with van der Waals surface area (Å²) >= 11 is 0. The lowest BCUT2D eigenvalue weighted by atomic mass is 9.97. The van der Waals surface area contributed by atoms with E-state index >= 15 is 0 Å². The second-order valence-corrected chi connectivity index (χ2v) is 5.90. The van der Waals surface area contributed by atoms with E-state index in [1.54, 1.807) is 6.26 Å². The van der Waals surface area contributed by atoms with E-state index in [0.717, 1.165) is 24.8 Å². The van der Waals surface area contributed by atoms with Crippen LogP contribution >= 0.6 is 0 Å². The number of rotatable bonds is 6. The number of nitrogens with zero attached hydrogens (tertiary/aromatic N) is 2. The molecule has 0 radical (unpaired) electrons. The maximum atomic E-state index is 5.53. The van der Waals surface area contributed by atoms with Crippen LogP contribution in [-0.4, -0.2) is 57.1 Å². The molecule has 1 fully saturated rings. The molecule has 1 aromatic rings. The van der Waals surface area contributed by atoms with Crippen LogP contribution in [0.2, 0.25) is 0 Å². The molecule has 4 heteroatoms. The highest BCUT2D eigenvalue weighted by Crippen LogP contribution is 2.19. The van der Waals surface area contributed by atoms with Gasteiger partial charge in [0.15, 0.2) is 0 Å². The van der Waals surface area contributed by atoms with Gasteiger partial charge in [-0.25, -0.2) is 0 Å². The average Bonchev–Trinajstić information content (AvgIpc) is 2.90. The quantitative estimate of drug-likeness (QED) is 0.850. The molecule has 19 heavy (non-hydrogen) atoms. The zero-order chi connectivity index (χ0) is 13.7. The third-order valence-electron chi connectivity index (χ3n) is 4.10. The van der Waals surface area contributed by atoms with Crippen molar-refractivity contribution >= 4 is 0 Å². The summed E-state index contributed by atoms with van der Waals surface area (Å²) in [4.78, 5) is 4.63.